The number of pyridine rings is 1. The van der Waals surface area contributed by atoms with Gasteiger partial charge in [-0.1, -0.05) is 37.6 Å². The molecule has 0 spiro atoms. The van der Waals surface area contributed by atoms with E-state index in [1.54, 1.807) is 25.0 Å². The van der Waals surface area contributed by atoms with E-state index in [1.165, 1.54) is 11.3 Å². The van der Waals surface area contributed by atoms with Crippen LogP contribution in [0, 0.1) is 0 Å². The summed E-state index contributed by atoms with van der Waals surface area (Å²) in [5.74, 6) is 2.99. The maximum atomic E-state index is 13.8. The molecule has 0 atom stereocenters. The number of rotatable bonds is 14. The van der Waals surface area contributed by atoms with E-state index < -0.39 is 0 Å². The molecule has 43 heavy (non-hydrogen) atoms. The number of aromatic nitrogens is 4. The van der Waals surface area contributed by atoms with Gasteiger partial charge in [0.05, 0.1) is 37.9 Å². The van der Waals surface area contributed by atoms with E-state index in [-0.39, 0.29) is 5.56 Å². The number of halogens is 1. The quantitative estimate of drug-likeness (QED) is 0.112. The van der Waals surface area contributed by atoms with Crippen LogP contribution in [0.25, 0.3) is 10.9 Å². The van der Waals surface area contributed by atoms with Gasteiger partial charge < -0.3 is 24.3 Å². The Hall–Kier alpha value is -4.15. The van der Waals surface area contributed by atoms with Gasteiger partial charge in [0.15, 0.2) is 0 Å². The molecule has 224 valence electrons. The van der Waals surface area contributed by atoms with E-state index in [1.807, 2.05) is 60.0 Å². The molecule has 1 N–H and O–H groups in total. The van der Waals surface area contributed by atoms with Gasteiger partial charge in [-0.25, -0.2) is 9.97 Å². The predicted octanol–water partition coefficient (Wildman–Crippen LogP) is 6.47. The number of benzene rings is 2. The van der Waals surface area contributed by atoms with Crippen molar-refractivity contribution in [2.24, 2.45) is 0 Å². The topological polar surface area (TPSA) is 94.4 Å². The lowest BCUT2D eigenvalue weighted by Crippen LogP contribution is -2.27. The van der Waals surface area contributed by atoms with E-state index in [2.05, 4.69) is 22.1 Å². The van der Waals surface area contributed by atoms with Crippen LogP contribution in [0.1, 0.15) is 41.6 Å². The van der Waals surface area contributed by atoms with E-state index >= 15 is 0 Å². The molecule has 0 aliphatic heterocycles. The first kappa shape index (κ1) is 30.3. The molecule has 9 nitrogen and oxygen atoms in total. The third-order valence-electron chi connectivity index (χ3n) is 7.02. The van der Waals surface area contributed by atoms with E-state index in [4.69, 9.17) is 31.0 Å². The number of fused-ring (bicyclic) bond motifs is 1. The number of unbranched alkanes of at least 4 members (excludes halogenated alkanes) is 1. The van der Waals surface area contributed by atoms with Gasteiger partial charge in [0.2, 0.25) is 5.95 Å². The number of nitrogens with zero attached hydrogens (tertiary/aromatic N) is 5. The van der Waals surface area contributed by atoms with Crippen molar-refractivity contribution in [3.05, 3.63) is 98.4 Å². The smallest absolute Gasteiger partial charge is 0.264 e. The van der Waals surface area contributed by atoms with Crippen molar-refractivity contribution < 1.29 is 9.47 Å². The molecule has 0 amide bonds. The van der Waals surface area contributed by atoms with Crippen LogP contribution in [-0.4, -0.2) is 40.3 Å². The minimum absolute atomic E-state index is 0.164. The number of thiazole rings is 1. The first-order valence-corrected chi connectivity index (χ1v) is 15.6. The molecule has 0 radical (unpaired) electrons. The highest BCUT2D eigenvalue weighted by Crippen LogP contribution is 2.25. The number of hydrogen-bond donors (Lipinski definition) is 1. The van der Waals surface area contributed by atoms with Gasteiger partial charge >= 0.3 is 0 Å². The zero-order chi connectivity index (χ0) is 30.2. The van der Waals surface area contributed by atoms with Crippen molar-refractivity contribution in [3.63, 3.8) is 0 Å². The second-order valence-electron chi connectivity index (χ2n) is 10.1. The fourth-order valence-electron chi connectivity index (χ4n) is 4.68. The molecule has 0 unspecified atom stereocenters. The molecular formula is C32H35ClN6O3S. The molecule has 0 aliphatic rings. The van der Waals surface area contributed by atoms with Crippen LogP contribution in [0.3, 0.4) is 0 Å². The predicted molar refractivity (Wildman–Crippen MR) is 174 cm³/mol. The fourth-order valence-corrected chi connectivity index (χ4v) is 5.70. The highest BCUT2D eigenvalue weighted by molar-refractivity contribution is 7.09. The molecule has 5 aromatic rings. The number of anilines is 2. The van der Waals surface area contributed by atoms with Gasteiger partial charge in [0, 0.05) is 31.2 Å². The third kappa shape index (κ3) is 7.44. The zero-order valence-corrected chi connectivity index (χ0v) is 26.1. The van der Waals surface area contributed by atoms with E-state index in [0.29, 0.717) is 54.7 Å². The molecule has 0 bridgehead atoms. The molecule has 0 saturated carbocycles. The average molecular weight is 619 g/mol. The maximum Gasteiger partial charge on any atom is 0.264 e. The van der Waals surface area contributed by atoms with Crippen molar-refractivity contribution >= 4 is 45.6 Å². The summed E-state index contributed by atoms with van der Waals surface area (Å²) in [5, 5.41) is 6.63. The van der Waals surface area contributed by atoms with Crippen LogP contribution in [0.2, 0.25) is 0 Å². The maximum absolute atomic E-state index is 13.8. The molecule has 0 saturated heterocycles. The van der Waals surface area contributed by atoms with Crippen molar-refractivity contribution in [2.45, 2.75) is 45.3 Å². The Kier molecular flexibility index (Phi) is 10.1. The summed E-state index contributed by atoms with van der Waals surface area (Å²) in [6.45, 7) is 4.29. The first-order valence-electron chi connectivity index (χ1n) is 14.2. The minimum Gasteiger partial charge on any atom is -0.497 e. The SMILES string of the molecule is CCCCNc1nc(N(Cc2ccc(OC)cc2)Cc2ccc(OC)cc2)nc2ccn(Cc3nc(CCl)cs3)c(=O)c12. The molecule has 11 heteroatoms. The molecule has 3 aromatic heterocycles. The largest absolute Gasteiger partial charge is 0.497 e. The molecule has 3 heterocycles. The summed E-state index contributed by atoms with van der Waals surface area (Å²) < 4.78 is 12.4. The van der Waals surface area contributed by atoms with Crippen LogP contribution < -0.4 is 25.2 Å². The Morgan fingerprint density at radius 3 is 2.14 bits per heavy atom. The van der Waals surface area contributed by atoms with Gasteiger partial charge in [-0.15, -0.1) is 22.9 Å². The lowest BCUT2D eigenvalue weighted by Gasteiger charge is -2.24. The summed E-state index contributed by atoms with van der Waals surface area (Å²) >= 11 is 7.43. The average Bonchev–Trinajstić information content (AvgIpc) is 3.50. The second-order valence-corrected chi connectivity index (χ2v) is 11.3. The van der Waals surface area contributed by atoms with Crippen molar-refractivity contribution in [3.8, 4) is 11.5 Å². The van der Waals surface area contributed by atoms with Gasteiger partial charge in [-0.3, -0.25) is 4.79 Å². The summed E-state index contributed by atoms with van der Waals surface area (Å²) in [5.41, 5.74) is 3.38. The van der Waals surface area contributed by atoms with Crippen molar-refractivity contribution in [1.29, 1.82) is 0 Å². The van der Waals surface area contributed by atoms with Crippen LogP contribution in [0.5, 0.6) is 11.5 Å². The monoisotopic (exact) mass is 618 g/mol. The Bertz CT molecular complexity index is 1660. The van der Waals surface area contributed by atoms with Crippen LogP contribution in [-0.2, 0) is 25.5 Å². The number of hydrogen-bond acceptors (Lipinski definition) is 9. The Morgan fingerprint density at radius 1 is 0.930 bits per heavy atom. The van der Waals surface area contributed by atoms with E-state index in [0.717, 1.165) is 46.2 Å². The third-order valence-corrected chi connectivity index (χ3v) is 8.18. The number of ether oxygens (including phenoxy) is 2. The second kappa shape index (κ2) is 14.3. The highest BCUT2D eigenvalue weighted by atomic mass is 35.5. The first-order chi connectivity index (χ1) is 21.0. The van der Waals surface area contributed by atoms with E-state index in [9.17, 15) is 4.79 Å². The van der Waals surface area contributed by atoms with Crippen LogP contribution in [0.15, 0.2) is 71.0 Å². The summed E-state index contributed by atoms with van der Waals surface area (Å²) in [7, 11) is 3.31. The highest BCUT2D eigenvalue weighted by Gasteiger charge is 2.19. The minimum atomic E-state index is -0.164. The Labute approximate surface area is 260 Å². The number of methoxy groups -OCH3 is 2. The zero-order valence-electron chi connectivity index (χ0n) is 24.5. The summed E-state index contributed by atoms with van der Waals surface area (Å²) in [4.78, 5) is 30.3. The van der Waals surface area contributed by atoms with Crippen molar-refractivity contribution in [1.82, 2.24) is 19.5 Å². The Balaban J connectivity index is 1.56. The number of nitrogens with one attached hydrogen (secondary N) is 1. The lowest BCUT2D eigenvalue weighted by molar-refractivity contribution is 0.414. The van der Waals surface area contributed by atoms with Gasteiger partial charge in [0.1, 0.15) is 27.7 Å². The number of alkyl halides is 1. The van der Waals surface area contributed by atoms with Gasteiger partial charge in [0.25, 0.3) is 5.56 Å². The molecular weight excluding hydrogens is 584 g/mol. The van der Waals surface area contributed by atoms with Crippen LogP contribution in [0.4, 0.5) is 11.8 Å². The van der Waals surface area contributed by atoms with Crippen molar-refractivity contribution in [2.75, 3.05) is 31.0 Å². The van der Waals surface area contributed by atoms with Gasteiger partial charge in [-0.05, 0) is 47.9 Å². The summed E-state index contributed by atoms with van der Waals surface area (Å²) in [6, 6.07) is 17.8. The molecule has 0 fully saturated rings. The Morgan fingerprint density at radius 2 is 1.58 bits per heavy atom. The normalized spacial score (nSPS) is 11.1. The summed E-state index contributed by atoms with van der Waals surface area (Å²) in [6.07, 6.45) is 3.74. The van der Waals surface area contributed by atoms with Crippen LogP contribution >= 0.6 is 22.9 Å². The molecule has 5 rings (SSSR count). The molecule has 2 aromatic carbocycles. The van der Waals surface area contributed by atoms with Gasteiger partial charge in [-0.2, -0.15) is 4.98 Å². The lowest BCUT2D eigenvalue weighted by atomic mass is 10.1. The molecule has 0 aliphatic carbocycles. The standard InChI is InChI=1S/C32H35ClN6O3S/c1-4-5-15-34-30-29-27(14-16-38(31(29)40)20-28-35-24(17-33)21-43-28)36-32(37-30)39(18-22-6-10-25(41-2)11-7-22)19-23-8-12-26(42-3)13-9-23/h6-14,16,21H,4-5,15,17-20H2,1-3H3,(H,34,36,37). The fraction of sp³-hybridized carbons (Fsp3) is 0.312.